The van der Waals surface area contributed by atoms with Crippen molar-refractivity contribution in [2.24, 2.45) is 11.5 Å². The second-order valence-corrected chi connectivity index (χ2v) is 33.4. The number of aromatic nitrogens is 8. The highest BCUT2D eigenvalue weighted by Crippen LogP contribution is 2.25. The zero-order valence-electron chi connectivity index (χ0n) is 77.4. The van der Waals surface area contributed by atoms with E-state index in [1.165, 1.54) is 101 Å². The van der Waals surface area contributed by atoms with Crippen LogP contribution in [0.1, 0.15) is 107 Å². The van der Waals surface area contributed by atoms with Gasteiger partial charge in [0.1, 0.15) is 6.61 Å². The molecular formula is C107H94BrCl4N13O18. The number of rotatable bonds is 24. The van der Waals surface area contributed by atoms with Gasteiger partial charge < -0.3 is 61.2 Å². The molecule has 0 radical (unpaired) electrons. The van der Waals surface area contributed by atoms with Gasteiger partial charge >= 0.3 is 41.6 Å². The molecule has 9 N–H and O–H groups in total. The van der Waals surface area contributed by atoms with Crippen molar-refractivity contribution >= 4 is 160 Å². The zero-order valence-corrected chi connectivity index (χ0v) is 82.1. The third kappa shape index (κ3) is 30.3. The summed E-state index contributed by atoms with van der Waals surface area (Å²) in [6.45, 7) is 2.61. The number of urea groups is 1. The first kappa shape index (κ1) is 107. The van der Waals surface area contributed by atoms with Crippen molar-refractivity contribution in [1.29, 1.82) is 0 Å². The van der Waals surface area contributed by atoms with E-state index >= 15 is 0 Å². The highest BCUT2D eigenvalue weighted by atomic mass is 79.9. The minimum atomic E-state index is -0.599. The summed E-state index contributed by atoms with van der Waals surface area (Å²) in [6, 6.07) is 92.6. The van der Waals surface area contributed by atoms with Gasteiger partial charge in [0.15, 0.2) is 5.78 Å². The number of aliphatic hydroxyl groups is 1. The first-order valence-corrected chi connectivity index (χ1v) is 45.9. The number of primary amides is 1. The van der Waals surface area contributed by atoms with Crippen LogP contribution in [0.25, 0.3) is 43.6 Å². The van der Waals surface area contributed by atoms with Gasteiger partial charge in [0.05, 0.1) is 133 Å². The second-order valence-electron chi connectivity index (χ2n) is 30.9. The summed E-state index contributed by atoms with van der Waals surface area (Å²) < 4.78 is 29.4. The predicted octanol–water partition coefficient (Wildman–Crippen LogP) is 17.5. The molecule has 730 valence electrons. The first-order valence-electron chi connectivity index (χ1n) is 43.6. The molecule has 0 spiro atoms. The number of methoxy groups -OCH3 is 5. The van der Waals surface area contributed by atoms with Crippen molar-refractivity contribution in [2.45, 2.75) is 52.4 Å². The SMILES string of the molecule is COC(=O)c1ccc(C(=O)OC)c(Br)c1.COC(=O)c1ccc2c(=O)n(Cc3ccccc3)c(=O)[nH]c2c1.COC(=O)c1ccc2c(=O)n(Cc3ccccc3)c(Cl)nc2c1.COC(=O)c1ccc2c(=O)n(Cc3ccccc3)c(NCc3ccc(Cl)cc3)nc2c1.NC(=O)NCc1ccccc1.NCc1ccc(Cl)cc1.O=C(CO)c1ccc2c(=O)n(Cc3ccccc3)c(NCc3ccc(Cl)cc3)nc2c1. The maximum atomic E-state index is 13.3. The Kier molecular flexibility index (Phi) is 39.8. The molecule has 4 aromatic heterocycles. The summed E-state index contributed by atoms with van der Waals surface area (Å²) in [5, 5.41) is 21.9. The number of ketones is 1. The number of anilines is 2. The van der Waals surface area contributed by atoms with Crippen LogP contribution in [-0.2, 0) is 76.0 Å². The highest BCUT2D eigenvalue weighted by molar-refractivity contribution is 9.10. The summed E-state index contributed by atoms with van der Waals surface area (Å²) in [5.41, 5.74) is 20.0. The van der Waals surface area contributed by atoms with Crippen LogP contribution in [0.5, 0.6) is 0 Å². The Morgan fingerprint density at radius 3 is 1.05 bits per heavy atom. The van der Waals surface area contributed by atoms with Crippen LogP contribution in [-0.4, -0.2) is 127 Å². The molecule has 13 aromatic carbocycles. The molecule has 0 fully saturated rings. The van der Waals surface area contributed by atoms with Crippen molar-refractivity contribution in [3.05, 3.63) is 470 Å². The first-order chi connectivity index (χ1) is 69.0. The van der Waals surface area contributed by atoms with E-state index in [0.717, 1.165) is 54.1 Å². The standard InChI is InChI=1S/2C24H20ClN3O3.C17H13ClN2O3.C17H14N2O4.C10H9BrO4.C8H10N2O.C7H8ClN/c1-31-23(30)18-9-12-20-21(13-18)27-24(26-14-16-7-10-19(25)11-8-16)28(22(20)29)15-17-5-3-2-4-6-17;25-19-9-6-16(7-10-19)13-26-24-27-21-12-18(22(30)15-29)8-11-20(21)23(31)28(24)14-17-4-2-1-3-5-17;1-23-16(22)12-7-8-13-14(9-12)19-17(18)20(15(13)21)10-11-5-3-2-4-6-11;1-23-16(21)12-7-8-13-14(9-12)18-17(22)19(15(13)20)10-11-5-3-2-4-6-11;1-14-9(12)6-3-4-7(8(11)5-6)10(13)15-2;9-8(11)10-6-7-4-2-1-3-5-7;8-7-3-1-6(5-9)2-4-7/h2-13H,14-15H2,1H3,(H,26,27);1-12,29H,13-15H2,(H,26,27);2-9H,10H2,1H3;2-9H,10H2,1H3,(H,18,22);3-5H,1-2H3;1-5H,6H2,(H3,9,10,11);1-4H,5,9H2. The van der Waals surface area contributed by atoms with Gasteiger partial charge in [-0.3, -0.25) is 42.2 Å². The molecule has 0 saturated carbocycles. The molecule has 0 aliphatic heterocycles. The molecule has 0 atom stereocenters. The molecule has 2 amide bonds. The average Bonchev–Trinajstić information content (AvgIpc) is 0.786. The van der Waals surface area contributed by atoms with Crippen LogP contribution in [0.4, 0.5) is 16.7 Å². The maximum absolute atomic E-state index is 13.3. The Bertz CT molecular complexity index is 7490. The number of aromatic amines is 1. The molecule has 31 nitrogen and oxygen atoms in total. The molecule has 0 saturated heterocycles. The lowest BCUT2D eigenvalue weighted by molar-refractivity contribution is 0.0586. The number of aliphatic hydroxyl groups excluding tert-OH is 1. The zero-order chi connectivity index (χ0) is 103. The van der Waals surface area contributed by atoms with E-state index in [4.69, 9.17) is 67.7 Å². The number of amides is 2. The van der Waals surface area contributed by atoms with Gasteiger partial charge in [-0.15, -0.1) is 0 Å². The predicted molar refractivity (Wildman–Crippen MR) is 556 cm³/mol. The van der Waals surface area contributed by atoms with E-state index in [2.05, 4.69) is 70.8 Å². The topological polar surface area (TPSA) is 434 Å². The van der Waals surface area contributed by atoms with Crippen molar-refractivity contribution in [1.82, 2.24) is 43.5 Å². The fourth-order valence-corrected chi connectivity index (χ4v) is 15.0. The quantitative estimate of drug-likeness (QED) is 0.0128. The van der Waals surface area contributed by atoms with E-state index < -0.39 is 59.5 Å². The fourth-order valence-electron chi connectivity index (χ4n) is 13.8. The van der Waals surface area contributed by atoms with E-state index in [9.17, 15) is 57.5 Å². The lowest BCUT2D eigenvalue weighted by Gasteiger charge is -2.15. The summed E-state index contributed by atoms with van der Waals surface area (Å²) >= 11 is 26.9. The minimum absolute atomic E-state index is 0.0772. The number of halogens is 5. The van der Waals surface area contributed by atoms with E-state index in [1.807, 2.05) is 212 Å². The molecule has 4 heterocycles. The third-order valence-electron chi connectivity index (χ3n) is 21.2. The lowest BCUT2D eigenvalue weighted by atomic mass is 10.1. The molecule has 0 bridgehead atoms. The number of fused-ring (bicyclic) bond motifs is 4. The van der Waals surface area contributed by atoms with Crippen LogP contribution in [0.15, 0.2) is 344 Å². The second kappa shape index (κ2) is 53.2. The number of ether oxygens (including phenoxy) is 5. The molecule has 17 rings (SSSR count). The van der Waals surface area contributed by atoms with Gasteiger partial charge in [-0.2, -0.15) is 0 Å². The maximum Gasteiger partial charge on any atom is 0.339 e. The monoisotopic (exact) mass is 2070 g/mol. The molecule has 143 heavy (non-hydrogen) atoms. The summed E-state index contributed by atoms with van der Waals surface area (Å²) in [4.78, 5) is 160. The number of carbonyl (C=O) groups excluding carboxylic acids is 7. The average molecular weight is 2070 g/mol. The number of benzene rings is 13. The molecule has 0 aliphatic rings. The number of nitrogens with two attached hydrogens (primary N) is 2. The lowest BCUT2D eigenvalue weighted by Crippen LogP contribution is -2.35. The van der Waals surface area contributed by atoms with Gasteiger partial charge in [0, 0.05) is 51.3 Å². The van der Waals surface area contributed by atoms with Crippen molar-refractivity contribution in [3.8, 4) is 0 Å². The van der Waals surface area contributed by atoms with Gasteiger partial charge in [0.2, 0.25) is 17.2 Å². The van der Waals surface area contributed by atoms with Crippen LogP contribution >= 0.6 is 62.3 Å². The largest absolute Gasteiger partial charge is 0.465 e. The number of nitrogens with zero attached hydrogens (tertiary/aromatic N) is 7. The van der Waals surface area contributed by atoms with E-state index in [-0.39, 0.29) is 34.1 Å². The number of esters is 5. The van der Waals surface area contributed by atoms with Crippen LogP contribution < -0.4 is 55.3 Å². The number of carbonyl (C=O) groups is 7. The Hall–Kier alpha value is -16.3. The molecule has 0 aliphatic carbocycles. The van der Waals surface area contributed by atoms with E-state index in [1.54, 1.807) is 51.6 Å². The van der Waals surface area contributed by atoms with Gasteiger partial charge in [-0.25, -0.2) is 48.5 Å². The summed E-state index contributed by atoms with van der Waals surface area (Å²) in [5.74, 6) is -2.02. The number of Topliss-reactive ketones (excluding diaryl/α,β-unsaturated/α-hetero) is 1. The number of hydrogen-bond acceptors (Lipinski definition) is 24. The highest BCUT2D eigenvalue weighted by Gasteiger charge is 2.21. The Labute approximate surface area is 846 Å². The Balaban J connectivity index is 0.000000165. The third-order valence-corrected chi connectivity index (χ3v) is 22.9. The Morgan fingerprint density at radius 1 is 0.357 bits per heavy atom. The molecular weight excluding hydrogens is 1980 g/mol. The van der Waals surface area contributed by atoms with Crippen molar-refractivity contribution in [3.63, 3.8) is 0 Å². The minimum Gasteiger partial charge on any atom is -0.465 e. The summed E-state index contributed by atoms with van der Waals surface area (Å²) in [6.07, 6.45) is 0. The number of H-pyrrole nitrogens is 1. The Morgan fingerprint density at radius 2 is 0.671 bits per heavy atom. The van der Waals surface area contributed by atoms with Crippen LogP contribution in [0.2, 0.25) is 20.4 Å². The number of nitrogens with one attached hydrogen (secondary N) is 4. The molecule has 36 heteroatoms. The molecule has 0 unspecified atom stereocenters. The van der Waals surface area contributed by atoms with E-state index in [0.29, 0.717) is 144 Å². The number of hydrogen-bond donors (Lipinski definition) is 7. The van der Waals surface area contributed by atoms with Gasteiger partial charge in [-0.05, 0) is 193 Å². The normalized spacial score (nSPS) is 10.4. The van der Waals surface area contributed by atoms with Crippen molar-refractivity contribution in [2.75, 3.05) is 52.8 Å². The van der Waals surface area contributed by atoms with Crippen molar-refractivity contribution < 1.29 is 62.4 Å². The smallest absolute Gasteiger partial charge is 0.339 e. The van der Waals surface area contributed by atoms with Crippen LogP contribution in [0.3, 0.4) is 0 Å². The van der Waals surface area contributed by atoms with Gasteiger partial charge in [-0.1, -0.05) is 229 Å². The van der Waals surface area contributed by atoms with Gasteiger partial charge in [0.25, 0.3) is 22.2 Å². The fraction of sp³-hybridized carbons (Fsp3) is 0.131. The summed E-state index contributed by atoms with van der Waals surface area (Å²) in [7, 11) is 6.47. The molecule has 17 aromatic rings. The van der Waals surface area contributed by atoms with Crippen LogP contribution in [0, 0.1) is 0 Å².